The fourth-order valence-electron chi connectivity index (χ4n) is 3.11. The van der Waals surface area contributed by atoms with E-state index in [1.54, 1.807) is 0 Å². The SMILES string of the molecule is Cc1cc(C)c(C)c(CNC2CNC(C)(C)C2)c1C. The van der Waals surface area contributed by atoms with Crippen molar-refractivity contribution >= 4 is 0 Å². The molecular weight excluding hydrogens is 232 g/mol. The molecule has 0 bridgehead atoms. The van der Waals surface area contributed by atoms with Crippen LogP contribution in [0.1, 0.15) is 48.1 Å². The van der Waals surface area contributed by atoms with Crippen molar-refractivity contribution in [3.05, 3.63) is 33.9 Å². The third-order valence-electron chi connectivity index (χ3n) is 4.67. The Morgan fingerprint density at radius 3 is 2.21 bits per heavy atom. The lowest BCUT2D eigenvalue weighted by Gasteiger charge is -2.20. The highest BCUT2D eigenvalue weighted by Crippen LogP contribution is 2.23. The minimum Gasteiger partial charge on any atom is -0.310 e. The molecule has 1 fully saturated rings. The van der Waals surface area contributed by atoms with Crippen molar-refractivity contribution in [2.24, 2.45) is 0 Å². The van der Waals surface area contributed by atoms with Gasteiger partial charge in [-0.05, 0) is 75.8 Å². The van der Waals surface area contributed by atoms with Gasteiger partial charge in [0, 0.05) is 24.7 Å². The van der Waals surface area contributed by atoms with Crippen LogP contribution in [-0.2, 0) is 6.54 Å². The standard InChI is InChI=1S/C17H28N2/c1-11-7-12(2)14(4)16(13(11)3)10-18-15-8-17(5,6)19-9-15/h7,15,18-19H,8-10H2,1-6H3. The van der Waals surface area contributed by atoms with Crippen LogP contribution in [0.5, 0.6) is 0 Å². The highest BCUT2D eigenvalue weighted by Gasteiger charge is 2.29. The number of hydrogen-bond acceptors (Lipinski definition) is 2. The molecule has 1 aromatic carbocycles. The van der Waals surface area contributed by atoms with Crippen molar-refractivity contribution in [3.63, 3.8) is 0 Å². The van der Waals surface area contributed by atoms with E-state index in [-0.39, 0.29) is 5.54 Å². The zero-order valence-corrected chi connectivity index (χ0v) is 13.3. The second-order valence-corrected chi connectivity index (χ2v) is 6.79. The molecule has 1 saturated heterocycles. The summed E-state index contributed by atoms with van der Waals surface area (Å²) in [5, 5.41) is 7.30. The van der Waals surface area contributed by atoms with Crippen LogP contribution in [0.4, 0.5) is 0 Å². The first-order valence-electron chi connectivity index (χ1n) is 7.35. The summed E-state index contributed by atoms with van der Waals surface area (Å²) in [5.74, 6) is 0. The molecule has 1 aliphatic heterocycles. The van der Waals surface area contributed by atoms with Gasteiger partial charge in [-0.1, -0.05) is 6.07 Å². The van der Waals surface area contributed by atoms with Gasteiger partial charge in [-0.15, -0.1) is 0 Å². The van der Waals surface area contributed by atoms with Crippen LogP contribution < -0.4 is 10.6 Å². The van der Waals surface area contributed by atoms with E-state index in [0.717, 1.165) is 13.1 Å². The summed E-state index contributed by atoms with van der Waals surface area (Å²) >= 11 is 0. The van der Waals surface area contributed by atoms with Gasteiger partial charge in [0.1, 0.15) is 0 Å². The summed E-state index contributed by atoms with van der Waals surface area (Å²) in [6.07, 6.45) is 1.20. The molecule has 2 heteroatoms. The van der Waals surface area contributed by atoms with Crippen molar-refractivity contribution in [2.45, 2.75) is 66.1 Å². The summed E-state index contributed by atoms with van der Waals surface area (Å²) in [7, 11) is 0. The van der Waals surface area contributed by atoms with Crippen molar-refractivity contribution in [1.82, 2.24) is 10.6 Å². The Kier molecular flexibility index (Phi) is 4.03. The summed E-state index contributed by atoms with van der Waals surface area (Å²) in [6, 6.07) is 2.89. The third kappa shape index (κ3) is 3.18. The normalized spacial score (nSPS) is 21.9. The van der Waals surface area contributed by atoms with E-state index >= 15 is 0 Å². The first kappa shape index (κ1) is 14.5. The van der Waals surface area contributed by atoms with Crippen LogP contribution in [0.3, 0.4) is 0 Å². The van der Waals surface area contributed by atoms with Gasteiger partial charge in [-0.25, -0.2) is 0 Å². The van der Waals surface area contributed by atoms with E-state index < -0.39 is 0 Å². The molecule has 2 rings (SSSR count). The Morgan fingerprint density at radius 2 is 1.74 bits per heavy atom. The van der Waals surface area contributed by atoms with Crippen LogP contribution in [-0.4, -0.2) is 18.1 Å². The van der Waals surface area contributed by atoms with Gasteiger partial charge in [0.2, 0.25) is 0 Å². The van der Waals surface area contributed by atoms with Crippen LogP contribution in [0, 0.1) is 27.7 Å². The summed E-state index contributed by atoms with van der Waals surface area (Å²) in [6.45, 7) is 15.5. The molecule has 1 aromatic rings. The Labute approximate surface area is 118 Å². The smallest absolute Gasteiger partial charge is 0.0214 e. The van der Waals surface area contributed by atoms with Crippen molar-refractivity contribution in [1.29, 1.82) is 0 Å². The molecule has 0 radical (unpaired) electrons. The number of hydrogen-bond donors (Lipinski definition) is 2. The van der Waals surface area contributed by atoms with E-state index in [9.17, 15) is 0 Å². The van der Waals surface area contributed by atoms with Gasteiger partial charge in [0.05, 0.1) is 0 Å². The molecule has 2 nitrogen and oxygen atoms in total. The Hall–Kier alpha value is -0.860. The highest BCUT2D eigenvalue weighted by atomic mass is 15.1. The molecule has 0 spiro atoms. The summed E-state index contributed by atoms with van der Waals surface area (Å²) in [4.78, 5) is 0. The maximum absolute atomic E-state index is 3.73. The quantitative estimate of drug-likeness (QED) is 0.872. The topological polar surface area (TPSA) is 24.1 Å². The lowest BCUT2D eigenvalue weighted by Crippen LogP contribution is -2.31. The molecule has 1 unspecified atom stereocenters. The van der Waals surface area contributed by atoms with Crippen molar-refractivity contribution in [2.75, 3.05) is 6.54 Å². The van der Waals surface area contributed by atoms with Gasteiger partial charge in [0.15, 0.2) is 0 Å². The molecule has 0 aromatic heterocycles. The van der Waals surface area contributed by atoms with Crippen LogP contribution in [0.2, 0.25) is 0 Å². The molecule has 106 valence electrons. The predicted molar refractivity (Wildman–Crippen MR) is 82.7 cm³/mol. The molecule has 1 aliphatic rings. The molecular formula is C17H28N2. The molecule has 2 N–H and O–H groups in total. The van der Waals surface area contributed by atoms with Gasteiger partial charge in [-0.2, -0.15) is 0 Å². The van der Waals surface area contributed by atoms with E-state index in [4.69, 9.17) is 0 Å². The minimum absolute atomic E-state index is 0.282. The number of aryl methyl sites for hydroxylation is 2. The first-order chi connectivity index (χ1) is 8.80. The van der Waals surface area contributed by atoms with Gasteiger partial charge in [0.25, 0.3) is 0 Å². The van der Waals surface area contributed by atoms with Crippen LogP contribution in [0.15, 0.2) is 6.07 Å². The zero-order chi connectivity index (χ0) is 14.2. The molecule has 19 heavy (non-hydrogen) atoms. The van der Waals surface area contributed by atoms with E-state index in [2.05, 4.69) is 58.2 Å². The Morgan fingerprint density at radius 1 is 1.16 bits per heavy atom. The molecule has 1 atom stereocenters. The maximum atomic E-state index is 3.73. The van der Waals surface area contributed by atoms with E-state index in [1.165, 1.54) is 34.2 Å². The van der Waals surface area contributed by atoms with Gasteiger partial charge >= 0.3 is 0 Å². The predicted octanol–water partition coefficient (Wildman–Crippen LogP) is 3.15. The number of nitrogens with one attached hydrogen (secondary N) is 2. The van der Waals surface area contributed by atoms with Gasteiger partial charge in [-0.3, -0.25) is 0 Å². The molecule has 0 amide bonds. The number of rotatable bonds is 3. The van der Waals surface area contributed by atoms with E-state index in [0.29, 0.717) is 6.04 Å². The van der Waals surface area contributed by atoms with Crippen LogP contribution >= 0.6 is 0 Å². The average Bonchev–Trinajstić information content (AvgIpc) is 2.66. The first-order valence-corrected chi connectivity index (χ1v) is 7.35. The molecule has 0 saturated carbocycles. The number of benzene rings is 1. The summed E-state index contributed by atoms with van der Waals surface area (Å²) in [5.41, 5.74) is 7.47. The lowest BCUT2D eigenvalue weighted by molar-refractivity contribution is 0.441. The zero-order valence-electron chi connectivity index (χ0n) is 13.3. The van der Waals surface area contributed by atoms with Crippen LogP contribution in [0.25, 0.3) is 0 Å². The van der Waals surface area contributed by atoms with Crippen molar-refractivity contribution in [3.8, 4) is 0 Å². The highest BCUT2D eigenvalue weighted by molar-refractivity contribution is 5.43. The van der Waals surface area contributed by atoms with Crippen molar-refractivity contribution < 1.29 is 0 Å². The third-order valence-corrected chi connectivity index (χ3v) is 4.67. The monoisotopic (exact) mass is 260 g/mol. The largest absolute Gasteiger partial charge is 0.310 e. The molecule has 1 heterocycles. The Bertz CT molecular complexity index is 448. The maximum Gasteiger partial charge on any atom is 0.0214 e. The second-order valence-electron chi connectivity index (χ2n) is 6.79. The lowest BCUT2D eigenvalue weighted by atomic mass is 9.94. The van der Waals surface area contributed by atoms with E-state index in [1.807, 2.05) is 0 Å². The minimum atomic E-state index is 0.282. The van der Waals surface area contributed by atoms with Gasteiger partial charge < -0.3 is 10.6 Å². The molecule has 0 aliphatic carbocycles. The Balaban J connectivity index is 2.08. The second kappa shape index (κ2) is 5.26. The average molecular weight is 260 g/mol. The fraction of sp³-hybridized carbons (Fsp3) is 0.647. The summed E-state index contributed by atoms with van der Waals surface area (Å²) < 4.78 is 0. The fourth-order valence-corrected chi connectivity index (χ4v) is 3.11.